The molecule has 0 spiro atoms. The maximum atomic E-state index is 12.5. The molecule has 3 rings (SSSR count). The van der Waals surface area contributed by atoms with Crippen LogP contribution in [0.2, 0.25) is 5.15 Å². The quantitative estimate of drug-likeness (QED) is 0.351. The van der Waals surface area contributed by atoms with Gasteiger partial charge in [-0.25, -0.2) is 4.98 Å². The fourth-order valence-corrected chi connectivity index (χ4v) is 2.70. The van der Waals surface area contributed by atoms with Crippen LogP contribution in [0.4, 0.5) is 0 Å². The van der Waals surface area contributed by atoms with E-state index in [9.17, 15) is 9.59 Å². The number of halogens is 1. The Morgan fingerprint density at radius 1 is 1.10 bits per heavy atom. The zero-order chi connectivity index (χ0) is 20.6. The summed E-state index contributed by atoms with van der Waals surface area (Å²) in [5.74, 6) is -0.00847. The number of nitrogens with zero attached hydrogens (tertiary/aromatic N) is 1. The fraction of sp³-hybridized carbons (Fsp3) is 0.0455. The molecule has 2 heterocycles. The third-order valence-corrected chi connectivity index (χ3v) is 4.17. The van der Waals surface area contributed by atoms with Crippen molar-refractivity contribution in [1.29, 1.82) is 0 Å². The van der Waals surface area contributed by atoms with Crippen molar-refractivity contribution in [1.82, 2.24) is 15.6 Å². The Bertz CT molecular complexity index is 1060. The first-order valence-corrected chi connectivity index (χ1v) is 9.14. The number of rotatable bonds is 7. The molecule has 0 unspecified atom stereocenters. The minimum atomic E-state index is -0.466. The normalized spacial score (nSPS) is 11.0. The van der Waals surface area contributed by atoms with Crippen molar-refractivity contribution in [3.05, 3.63) is 95.6 Å². The molecule has 0 radical (unpaired) electrons. The molecule has 0 aliphatic carbocycles. The molecule has 146 valence electrons. The number of hydrogen-bond donors (Lipinski definition) is 2. The molecule has 0 fully saturated rings. The number of nitrogens with one attached hydrogen (secondary N) is 2. The second kappa shape index (κ2) is 9.52. The summed E-state index contributed by atoms with van der Waals surface area (Å²) in [6.07, 6.45) is 4.58. The third kappa shape index (κ3) is 5.21. The zero-order valence-electron chi connectivity index (χ0n) is 15.4. The number of pyridine rings is 1. The van der Waals surface area contributed by atoms with Crippen LogP contribution >= 0.6 is 11.6 Å². The Morgan fingerprint density at radius 2 is 1.90 bits per heavy atom. The predicted molar refractivity (Wildman–Crippen MR) is 112 cm³/mol. The maximum absolute atomic E-state index is 12.5. The summed E-state index contributed by atoms with van der Waals surface area (Å²) in [5.41, 5.74) is 1.09. The molecule has 6 nitrogen and oxygen atoms in total. The summed E-state index contributed by atoms with van der Waals surface area (Å²) in [7, 11) is 0. The Labute approximate surface area is 172 Å². The number of furan rings is 1. The van der Waals surface area contributed by atoms with E-state index in [1.54, 1.807) is 66.9 Å². The van der Waals surface area contributed by atoms with Gasteiger partial charge in [-0.1, -0.05) is 35.9 Å². The SMILES string of the molecule is C=CCNC(=O)C(=Cc1ccc(-c2cccnc2Cl)o1)NC(=O)c1ccccc1. The number of carbonyl (C=O) groups excluding carboxylic acids is 2. The largest absolute Gasteiger partial charge is 0.457 e. The lowest BCUT2D eigenvalue weighted by atomic mass is 10.2. The molecular formula is C22H18ClN3O3. The van der Waals surface area contributed by atoms with E-state index in [-0.39, 0.29) is 12.2 Å². The lowest BCUT2D eigenvalue weighted by molar-refractivity contribution is -0.117. The molecule has 0 aliphatic rings. The molecular weight excluding hydrogens is 390 g/mol. The molecule has 2 aromatic heterocycles. The molecule has 0 aliphatic heterocycles. The Balaban J connectivity index is 1.88. The summed E-state index contributed by atoms with van der Waals surface area (Å²) in [4.78, 5) is 29.0. The summed E-state index contributed by atoms with van der Waals surface area (Å²) >= 11 is 6.10. The maximum Gasteiger partial charge on any atom is 0.268 e. The Hall–Kier alpha value is -3.64. The van der Waals surface area contributed by atoms with Crippen LogP contribution in [0.25, 0.3) is 17.4 Å². The minimum Gasteiger partial charge on any atom is -0.457 e. The van der Waals surface area contributed by atoms with Crippen LogP contribution in [0, 0.1) is 0 Å². The van der Waals surface area contributed by atoms with Crippen molar-refractivity contribution >= 4 is 29.5 Å². The van der Waals surface area contributed by atoms with Gasteiger partial charge in [0.2, 0.25) is 0 Å². The fourth-order valence-electron chi connectivity index (χ4n) is 2.49. The van der Waals surface area contributed by atoms with E-state index in [0.29, 0.717) is 27.8 Å². The first-order valence-electron chi connectivity index (χ1n) is 8.76. The number of aromatic nitrogens is 1. The van der Waals surface area contributed by atoms with E-state index in [1.807, 2.05) is 0 Å². The van der Waals surface area contributed by atoms with Crippen molar-refractivity contribution in [2.45, 2.75) is 0 Å². The van der Waals surface area contributed by atoms with E-state index >= 15 is 0 Å². The van der Waals surface area contributed by atoms with E-state index < -0.39 is 11.8 Å². The second-order valence-corrected chi connectivity index (χ2v) is 6.28. The van der Waals surface area contributed by atoms with Gasteiger partial charge in [-0.3, -0.25) is 9.59 Å². The van der Waals surface area contributed by atoms with Crippen molar-refractivity contribution in [3.8, 4) is 11.3 Å². The Kier molecular flexibility index (Phi) is 6.60. The highest BCUT2D eigenvalue weighted by Gasteiger charge is 2.15. The molecule has 7 heteroatoms. The second-order valence-electron chi connectivity index (χ2n) is 5.92. The van der Waals surface area contributed by atoms with E-state index in [4.69, 9.17) is 16.0 Å². The van der Waals surface area contributed by atoms with Gasteiger partial charge in [0.15, 0.2) is 0 Å². The molecule has 2 N–H and O–H groups in total. The summed E-state index contributed by atoms with van der Waals surface area (Å²) < 4.78 is 5.77. The first-order chi connectivity index (χ1) is 14.1. The van der Waals surface area contributed by atoms with Gasteiger partial charge in [-0.05, 0) is 36.4 Å². The van der Waals surface area contributed by atoms with Gasteiger partial charge in [-0.15, -0.1) is 6.58 Å². The smallest absolute Gasteiger partial charge is 0.268 e. The summed E-state index contributed by atoms with van der Waals surface area (Å²) in [6, 6.07) is 15.5. The standard InChI is InChI=1S/C22H18ClN3O3/c1-2-12-25-22(28)18(26-21(27)15-7-4-3-5-8-15)14-16-10-11-19(29-16)17-9-6-13-24-20(17)23/h2-11,13-14H,1,12H2,(H,25,28)(H,26,27). The number of carbonyl (C=O) groups is 2. The topological polar surface area (TPSA) is 84.2 Å². The highest BCUT2D eigenvalue weighted by molar-refractivity contribution is 6.31. The molecule has 0 atom stereocenters. The van der Waals surface area contributed by atoms with Gasteiger partial charge in [0.25, 0.3) is 11.8 Å². The molecule has 0 saturated heterocycles. The Morgan fingerprint density at radius 3 is 2.62 bits per heavy atom. The number of hydrogen-bond acceptors (Lipinski definition) is 4. The van der Waals surface area contributed by atoms with Gasteiger partial charge in [0.1, 0.15) is 22.4 Å². The lowest BCUT2D eigenvalue weighted by Gasteiger charge is -2.09. The molecule has 2 amide bonds. The number of amides is 2. The number of benzene rings is 1. The molecule has 29 heavy (non-hydrogen) atoms. The van der Waals surface area contributed by atoms with Crippen LogP contribution in [-0.4, -0.2) is 23.3 Å². The average molecular weight is 408 g/mol. The van der Waals surface area contributed by atoms with Crippen LogP contribution in [0.5, 0.6) is 0 Å². The van der Waals surface area contributed by atoms with Crippen molar-refractivity contribution in [2.24, 2.45) is 0 Å². The van der Waals surface area contributed by atoms with E-state index in [0.717, 1.165) is 0 Å². The van der Waals surface area contributed by atoms with Crippen LogP contribution in [0.15, 0.2) is 83.6 Å². The van der Waals surface area contributed by atoms with Gasteiger partial charge < -0.3 is 15.1 Å². The minimum absolute atomic E-state index is 0.0406. The van der Waals surface area contributed by atoms with Crippen LogP contribution in [-0.2, 0) is 4.79 Å². The lowest BCUT2D eigenvalue weighted by Crippen LogP contribution is -2.34. The molecule has 0 saturated carbocycles. The monoisotopic (exact) mass is 407 g/mol. The van der Waals surface area contributed by atoms with Gasteiger partial charge in [0, 0.05) is 24.4 Å². The predicted octanol–water partition coefficient (Wildman–Crippen LogP) is 4.07. The molecule has 1 aromatic carbocycles. The van der Waals surface area contributed by atoms with Crippen LogP contribution in [0.3, 0.4) is 0 Å². The third-order valence-electron chi connectivity index (χ3n) is 3.87. The van der Waals surface area contributed by atoms with Gasteiger partial charge >= 0.3 is 0 Å². The first kappa shape index (κ1) is 20.1. The average Bonchev–Trinajstić information content (AvgIpc) is 3.20. The highest BCUT2D eigenvalue weighted by atomic mass is 35.5. The van der Waals surface area contributed by atoms with Crippen molar-refractivity contribution < 1.29 is 14.0 Å². The van der Waals surface area contributed by atoms with Crippen molar-refractivity contribution in [3.63, 3.8) is 0 Å². The van der Waals surface area contributed by atoms with Gasteiger partial charge in [0.05, 0.1) is 5.56 Å². The van der Waals surface area contributed by atoms with Crippen molar-refractivity contribution in [2.75, 3.05) is 6.54 Å². The molecule has 0 bridgehead atoms. The van der Waals surface area contributed by atoms with Crippen LogP contribution in [0.1, 0.15) is 16.1 Å². The summed E-state index contributed by atoms with van der Waals surface area (Å²) in [6.45, 7) is 3.83. The highest BCUT2D eigenvalue weighted by Crippen LogP contribution is 2.28. The van der Waals surface area contributed by atoms with Gasteiger partial charge in [-0.2, -0.15) is 0 Å². The van der Waals surface area contributed by atoms with E-state index in [2.05, 4.69) is 22.2 Å². The molecule has 3 aromatic rings. The zero-order valence-corrected chi connectivity index (χ0v) is 16.1. The van der Waals surface area contributed by atoms with E-state index in [1.165, 1.54) is 6.08 Å². The summed E-state index contributed by atoms with van der Waals surface area (Å²) in [5, 5.41) is 5.58. The van der Waals surface area contributed by atoms with Crippen LogP contribution < -0.4 is 10.6 Å².